The molecule has 0 saturated heterocycles. The Morgan fingerprint density at radius 3 is 2.10 bits per heavy atom. The molecule has 0 heterocycles. The molecule has 5 nitrogen and oxygen atoms in total. The molecule has 110 valence electrons. The third-order valence-corrected chi connectivity index (χ3v) is 2.80. The zero-order valence-electron chi connectivity index (χ0n) is 12.1. The van der Waals surface area contributed by atoms with Crippen LogP contribution in [0.5, 0.6) is 5.75 Å². The van der Waals surface area contributed by atoms with Gasteiger partial charge < -0.3 is 15.5 Å². The van der Waals surface area contributed by atoms with Crippen LogP contribution in [0.3, 0.4) is 0 Å². The van der Waals surface area contributed by atoms with E-state index in [1.807, 2.05) is 38.1 Å². The van der Waals surface area contributed by atoms with Crippen molar-refractivity contribution in [3.8, 4) is 5.75 Å². The second-order valence-electron chi connectivity index (χ2n) is 4.87. The molecule has 5 heteroatoms. The molecular formula is C16H19N3O2. The quantitative estimate of drug-likeness (QED) is 0.583. The van der Waals surface area contributed by atoms with Crippen molar-refractivity contribution in [2.24, 2.45) is 5.84 Å². The molecule has 0 saturated carbocycles. The van der Waals surface area contributed by atoms with Gasteiger partial charge in [0.25, 0.3) is 5.91 Å². The number of ether oxygens (including phenoxy) is 1. The van der Waals surface area contributed by atoms with Crippen LogP contribution in [0.2, 0.25) is 0 Å². The SMILES string of the molecule is CC(C)Oc1ccc(NC(=O)c2ccc(NN)cc2)cc1. The summed E-state index contributed by atoms with van der Waals surface area (Å²) in [6, 6.07) is 14.2. The molecule has 0 radical (unpaired) electrons. The van der Waals surface area contributed by atoms with Gasteiger partial charge in [-0.05, 0) is 62.4 Å². The fourth-order valence-electron chi connectivity index (χ4n) is 1.81. The molecule has 0 fully saturated rings. The Bertz CT molecular complexity index is 592. The molecular weight excluding hydrogens is 266 g/mol. The van der Waals surface area contributed by atoms with E-state index in [0.717, 1.165) is 17.1 Å². The summed E-state index contributed by atoms with van der Waals surface area (Å²) in [5.74, 6) is 5.89. The molecule has 0 aliphatic heterocycles. The number of benzene rings is 2. The summed E-state index contributed by atoms with van der Waals surface area (Å²) in [4.78, 5) is 12.1. The average molecular weight is 285 g/mol. The van der Waals surface area contributed by atoms with Crippen LogP contribution < -0.4 is 21.3 Å². The Kier molecular flexibility index (Phi) is 4.79. The predicted octanol–water partition coefficient (Wildman–Crippen LogP) is 3.01. The van der Waals surface area contributed by atoms with Crippen molar-refractivity contribution in [3.63, 3.8) is 0 Å². The van der Waals surface area contributed by atoms with Gasteiger partial charge in [-0.15, -0.1) is 0 Å². The van der Waals surface area contributed by atoms with Crippen LogP contribution >= 0.6 is 0 Å². The van der Waals surface area contributed by atoms with E-state index in [4.69, 9.17) is 10.6 Å². The Morgan fingerprint density at radius 1 is 1.00 bits per heavy atom. The molecule has 0 aromatic heterocycles. The first-order valence-electron chi connectivity index (χ1n) is 6.73. The molecule has 2 aromatic rings. The van der Waals surface area contributed by atoms with Gasteiger partial charge in [0.1, 0.15) is 5.75 Å². The molecule has 4 N–H and O–H groups in total. The summed E-state index contributed by atoms with van der Waals surface area (Å²) in [6.45, 7) is 3.94. The third kappa shape index (κ3) is 4.22. The van der Waals surface area contributed by atoms with Crippen molar-refractivity contribution in [1.29, 1.82) is 0 Å². The number of nitrogens with two attached hydrogens (primary N) is 1. The van der Waals surface area contributed by atoms with Gasteiger partial charge in [-0.1, -0.05) is 0 Å². The number of hydrazine groups is 1. The summed E-state index contributed by atoms with van der Waals surface area (Å²) < 4.78 is 5.55. The number of carbonyl (C=O) groups is 1. The lowest BCUT2D eigenvalue weighted by molar-refractivity contribution is 0.102. The highest BCUT2D eigenvalue weighted by molar-refractivity contribution is 6.04. The summed E-state index contributed by atoms with van der Waals surface area (Å²) in [5, 5.41) is 2.83. The van der Waals surface area contributed by atoms with Crippen molar-refractivity contribution < 1.29 is 9.53 Å². The molecule has 2 aromatic carbocycles. The minimum absolute atomic E-state index is 0.125. The van der Waals surface area contributed by atoms with Crippen molar-refractivity contribution in [1.82, 2.24) is 0 Å². The number of nitrogen functional groups attached to an aromatic ring is 1. The van der Waals surface area contributed by atoms with E-state index in [9.17, 15) is 4.79 Å². The van der Waals surface area contributed by atoms with E-state index < -0.39 is 0 Å². The van der Waals surface area contributed by atoms with Crippen LogP contribution in [0.15, 0.2) is 48.5 Å². The number of amides is 1. The normalized spacial score (nSPS) is 10.3. The van der Waals surface area contributed by atoms with Crippen LogP contribution in [-0.2, 0) is 0 Å². The highest BCUT2D eigenvalue weighted by Gasteiger charge is 2.06. The monoisotopic (exact) mass is 285 g/mol. The van der Waals surface area contributed by atoms with E-state index >= 15 is 0 Å². The van der Waals surface area contributed by atoms with Gasteiger partial charge in [0.05, 0.1) is 6.10 Å². The van der Waals surface area contributed by atoms with E-state index in [0.29, 0.717) is 5.56 Å². The van der Waals surface area contributed by atoms with E-state index in [-0.39, 0.29) is 12.0 Å². The van der Waals surface area contributed by atoms with Gasteiger partial charge in [0.15, 0.2) is 0 Å². The summed E-state index contributed by atoms with van der Waals surface area (Å²) in [7, 11) is 0. The summed E-state index contributed by atoms with van der Waals surface area (Å²) in [5.41, 5.74) is 4.56. The molecule has 0 bridgehead atoms. The van der Waals surface area contributed by atoms with E-state index in [2.05, 4.69) is 10.7 Å². The van der Waals surface area contributed by atoms with Gasteiger partial charge in [0.2, 0.25) is 0 Å². The van der Waals surface area contributed by atoms with Crippen molar-refractivity contribution in [3.05, 3.63) is 54.1 Å². The number of hydrogen-bond donors (Lipinski definition) is 3. The maximum Gasteiger partial charge on any atom is 0.255 e. The lowest BCUT2D eigenvalue weighted by atomic mass is 10.2. The minimum atomic E-state index is -0.170. The first-order chi connectivity index (χ1) is 10.1. The van der Waals surface area contributed by atoms with Crippen molar-refractivity contribution in [2.45, 2.75) is 20.0 Å². The Labute approximate surface area is 124 Å². The first-order valence-corrected chi connectivity index (χ1v) is 6.73. The number of anilines is 2. The fourth-order valence-corrected chi connectivity index (χ4v) is 1.81. The summed E-state index contributed by atoms with van der Waals surface area (Å²) in [6.07, 6.45) is 0.125. The van der Waals surface area contributed by atoms with Gasteiger partial charge in [-0.2, -0.15) is 0 Å². The maximum atomic E-state index is 12.1. The lowest BCUT2D eigenvalue weighted by Gasteiger charge is -2.10. The van der Waals surface area contributed by atoms with Crippen LogP contribution in [0, 0.1) is 0 Å². The third-order valence-electron chi connectivity index (χ3n) is 2.80. The predicted molar refractivity (Wildman–Crippen MR) is 84.4 cm³/mol. The molecule has 0 aliphatic carbocycles. The van der Waals surface area contributed by atoms with Crippen LogP contribution in [-0.4, -0.2) is 12.0 Å². The van der Waals surface area contributed by atoms with Crippen LogP contribution in [0.25, 0.3) is 0 Å². The molecule has 0 atom stereocenters. The second-order valence-corrected chi connectivity index (χ2v) is 4.87. The lowest BCUT2D eigenvalue weighted by Crippen LogP contribution is -2.12. The molecule has 0 spiro atoms. The highest BCUT2D eigenvalue weighted by atomic mass is 16.5. The standard InChI is InChI=1S/C16H19N3O2/c1-11(2)21-15-9-7-13(8-10-15)18-16(20)12-3-5-14(19-17)6-4-12/h3-11,19H,17H2,1-2H3,(H,18,20). The zero-order valence-corrected chi connectivity index (χ0v) is 12.1. The molecule has 0 aliphatic rings. The summed E-state index contributed by atoms with van der Waals surface area (Å²) >= 11 is 0. The van der Waals surface area contributed by atoms with Gasteiger partial charge >= 0.3 is 0 Å². The maximum absolute atomic E-state index is 12.1. The largest absolute Gasteiger partial charge is 0.491 e. The molecule has 1 amide bonds. The number of rotatable bonds is 5. The number of hydrogen-bond acceptors (Lipinski definition) is 4. The zero-order chi connectivity index (χ0) is 15.2. The van der Waals surface area contributed by atoms with Gasteiger partial charge in [0, 0.05) is 16.9 Å². The average Bonchev–Trinajstić information content (AvgIpc) is 2.49. The number of carbonyl (C=O) groups excluding carboxylic acids is 1. The first kappa shape index (κ1) is 14.9. The van der Waals surface area contributed by atoms with Gasteiger partial charge in [-0.3, -0.25) is 10.6 Å². The van der Waals surface area contributed by atoms with Gasteiger partial charge in [-0.25, -0.2) is 0 Å². The Balaban J connectivity index is 2.01. The number of nitrogens with one attached hydrogen (secondary N) is 2. The second kappa shape index (κ2) is 6.76. The van der Waals surface area contributed by atoms with Crippen LogP contribution in [0.1, 0.15) is 24.2 Å². The Morgan fingerprint density at radius 2 is 1.57 bits per heavy atom. The van der Waals surface area contributed by atoms with Crippen molar-refractivity contribution in [2.75, 3.05) is 10.7 Å². The van der Waals surface area contributed by atoms with Crippen LogP contribution in [0.4, 0.5) is 11.4 Å². The minimum Gasteiger partial charge on any atom is -0.491 e. The van der Waals surface area contributed by atoms with E-state index in [1.165, 1.54) is 0 Å². The highest BCUT2D eigenvalue weighted by Crippen LogP contribution is 2.18. The topological polar surface area (TPSA) is 76.4 Å². The fraction of sp³-hybridized carbons (Fsp3) is 0.188. The molecule has 0 unspecified atom stereocenters. The molecule has 21 heavy (non-hydrogen) atoms. The van der Waals surface area contributed by atoms with E-state index in [1.54, 1.807) is 24.3 Å². The molecule has 2 rings (SSSR count). The van der Waals surface area contributed by atoms with Crippen molar-refractivity contribution >= 4 is 17.3 Å². The smallest absolute Gasteiger partial charge is 0.255 e. The Hall–Kier alpha value is -2.53.